The Morgan fingerprint density at radius 3 is 2.87 bits per heavy atom. The van der Waals surface area contributed by atoms with Crippen LogP contribution in [0.4, 0.5) is 0 Å². The normalized spacial score (nSPS) is 29.4. The topological polar surface area (TPSA) is 87.2 Å². The highest BCUT2D eigenvalue weighted by Gasteiger charge is 2.43. The monoisotopic (exact) mass is 434 g/mol. The second-order valence-electron chi connectivity index (χ2n) is 8.76. The van der Waals surface area contributed by atoms with E-state index >= 15 is 0 Å². The Morgan fingerprint density at radius 2 is 2.10 bits per heavy atom. The molecule has 1 aromatic rings. The zero-order valence-electron chi connectivity index (χ0n) is 17.1. The summed E-state index contributed by atoms with van der Waals surface area (Å²) >= 11 is 6.00. The van der Waals surface area contributed by atoms with Crippen LogP contribution < -0.4 is 4.74 Å². The molecule has 162 valence electrons. The average Bonchev–Trinajstić information content (AvgIpc) is 2.85. The molecule has 1 spiro atoms. The van der Waals surface area contributed by atoms with Crippen molar-refractivity contribution in [2.75, 3.05) is 26.2 Å². The number of benzene rings is 1. The minimum Gasteiger partial charge on any atom is -0.486 e. The van der Waals surface area contributed by atoms with Crippen molar-refractivity contribution in [2.24, 2.45) is 5.92 Å². The highest BCUT2D eigenvalue weighted by atomic mass is 35.5. The molecule has 0 radical (unpaired) electrons. The number of aliphatic hydroxyl groups is 1. The van der Waals surface area contributed by atoms with Crippen molar-refractivity contribution < 1.29 is 24.2 Å². The van der Waals surface area contributed by atoms with Crippen molar-refractivity contribution in [2.45, 2.75) is 50.7 Å². The van der Waals surface area contributed by atoms with Crippen molar-refractivity contribution in [3.05, 3.63) is 28.8 Å². The maximum Gasteiger partial charge on any atom is 0.242 e. The molecule has 3 atom stereocenters. The SMILES string of the molecule is CC1CN(C(=O)CN2CCC3(CCC2=O)CC(=O)c2cc(Cl)ccc2O3)CCC1O. The van der Waals surface area contributed by atoms with Crippen molar-refractivity contribution in [1.82, 2.24) is 9.80 Å². The smallest absolute Gasteiger partial charge is 0.242 e. The number of Topliss-reactive ketones (excluding diaryl/α,β-unsaturated/α-hetero) is 1. The van der Waals surface area contributed by atoms with Gasteiger partial charge in [-0.2, -0.15) is 0 Å². The summed E-state index contributed by atoms with van der Waals surface area (Å²) < 4.78 is 6.23. The van der Waals surface area contributed by atoms with E-state index < -0.39 is 5.60 Å². The van der Waals surface area contributed by atoms with E-state index in [9.17, 15) is 19.5 Å². The maximum atomic E-state index is 12.7. The maximum absolute atomic E-state index is 12.7. The summed E-state index contributed by atoms with van der Waals surface area (Å²) in [6, 6.07) is 5.02. The molecule has 0 bridgehead atoms. The van der Waals surface area contributed by atoms with Gasteiger partial charge in [-0.1, -0.05) is 18.5 Å². The Kier molecular flexibility index (Phi) is 5.77. The quantitative estimate of drug-likeness (QED) is 0.771. The largest absolute Gasteiger partial charge is 0.486 e. The number of ether oxygens (including phenoxy) is 1. The van der Waals surface area contributed by atoms with Crippen LogP contribution in [0.1, 0.15) is 49.4 Å². The summed E-state index contributed by atoms with van der Waals surface area (Å²) in [4.78, 5) is 41.5. The third kappa shape index (κ3) is 4.18. The first kappa shape index (κ1) is 21.1. The zero-order chi connectivity index (χ0) is 21.5. The minimum atomic E-state index is -0.727. The van der Waals surface area contributed by atoms with Crippen LogP contribution in [0.15, 0.2) is 18.2 Å². The number of hydrogen-bond acceptors (Lipinski definition) is 5. The Labute approximate surface area is 180 Å². The number of hydrogen-bond donors (Lipinski definition) is 1. The van der Waals surface area contributed by atoms with Gasteiger partial charge in [-0.15, -0.1) is 0 Å². The van der Waals surface area contributed by atoms with E-state index in [1.54, 1.807) is 28.0 Å². The van der Waals surface area contributed by atoms with Crippen LogP contribution in [-0.4, -0.2) is 70.4 Å². The van der Waals surface area contributed by atoms with Crippen molar-refractivity contribution in [3.8, 4) is 5.75 Å². The van der Waals surface area contributed by atoms with Crippen LogP contribution in [0.3, 0.4) is 0 Å². The summed E-state index contributed by atoms with van der Waals surface area (Å²) in [6.07, 6.45) is 1.55. The fraction of sp³-hybridized carbons (Fsp3) is 0.591. The fourth-order valence-corrected chi connectivity index (χ4v) is 4.79. The van der Waals surface area contributed by atoms with E-state index in [4.69, 9.17) is 16.3 Å². The lowest BCUT2D eigenvalue weighted by Crippen LogP contribution is -2.49. The zero-order valence-corrected chi connectivity index (χ0v) is 17.9. The Hall–Kier alpha value is -2.12. The molecule has 3 heterocycles. The molecule has 0 saturated carbocycles. The summed E-state index contributed by atoms with van der Waals surface area (Å²) in [5, 5.41) is 10.4. The van der Waals surface area contributed by atoms with Gasteiger partial charge in [0.25, 0.3) is 0 Å². The second kappa shape index (κ2) is 8.19. The Bertz CT molecular complexity index is 875. The van der Waals surface area contributed by atoms with Gasteiger partial charge in [0.1, 0.15) is 11.4 Å². The average molecular weight is 435 g/mol. The van der Waals surface area contributed by atoms with Gasteiger partial charge in [-0.25, -0.2) is 0 Å². The number of amides is 2. The first-order valence-electron chi connectivity index (χ1n) is 10.5. The van der Waals surface area contributed by atoms with Crippen LogP contribution in [0, 0.1) is 5.92 Å². The predicted molar refractivity (Wildman–Crippen MR) is 111 cm³/mol. The Balaban J connectivity index is 1.43. The third-order valence-corrected chi connectivity index (χ3v) is 6.81. The molecule has 0 aromatic heterocycles. The predicted octanol–water partition coefficient (Wildman–Crippen LogP) is 2.29. The molecule has 3 aliphatic heterocycles. The van der Waals surface area contributed by atoms with Gasteiger partial charge in [0.05, 0.1) is 24.6 Å². The van der Waals surface area contributed by atoms with Gasteiger partial charge in [-0.3, -0.25) is 14.4 Å². The van der Waals surface area contributed by atoms with Gasteiger partial charge in [-0.05, 0) is 37.0 Å². The second-order valence-corrected chi connectivity index (χ2v) is 9.20. The van der Waals surface area contributed by atoms with Gasteiger partial charge in [0.15, 0.2) is 5.78 Å². The Morgan fingerprint density at radius 1 is 1.30 bits per heavy atom. The number of halogens is 1. The lowest BCUT2D eigenvalue weighted by Gasteiger charge is -2.37. The highest BCUT2D eigenvalue weighted by Crippen LogP contribution is 2.40. The molecule has 3 aliphatic rings. The molecule has 0 aliphatic carbocycles. The van der Waals surface area contributed by atoms with E-state index in [1.807, 2.05) is 6.92 Å². The summed E-state index contributed by atoms with van der Waals surface area (Å²) in [5.41, 5.74) is -0.244. The van der Waals surface area contributed by atoms with Gasteiger partial charge >= 0.3 is 0 Å². The molecule has 2 fully saturated rings. The molecule has 1 aromatic carbocycles. The van der Waals surface area contributed by atoms with Crippen LogP contribution in [-0.2, 0) is 9.59 Å². The first-order chi connectivity index (χ1) is 14.3. The van der Waals surface area contributed by atoms with E-state index in [0.29, 0.717) is 55.2 Å². The number of carbonyl (C=O) groups is 3. The van der Waals surface area contributed by atoms with Crippen LogP contribution >= 0.6 is 11.6 Å². The van der Waals surface area contributed by atoms with E-state index in [-0.39, 0.29) is 49.0 Å². The fourth-order valence-electron chi connectivity index (χ4n) is 4.62. The van der Waals surface area contributed by atoms with Gasteiger partial charge in [0, 0.05) is 37.5 Å². The molecule has 1 N–H and O–H groups in total. The van der Waals surface area contributed by atoms with Crippen molar-refractivity contribution in [1.29, 1.82) is 0 Å². The first-order valence-corrected chi connectivity index (χ1v) is 10.9. The van der Waals surface area contributed by atoms with Crippen LogP contribution in [0.5, 0.6) is 5.75 Å². The number of fused-ring (bicyclic) bond motifs is 1. The molecular formula is C22H27ClN2O5. The van der Waals surface area contributed by atoms with Crippen molar-refractivity contribution in [3.63, 3.8) is 0 Å². The van der Waals surface area contributed by atoms with Crippen LogP contribution in [0.2, 0.25) is 5.02 Å². The summed E-state index contributed by atoms with van der Waals surface area (Å²) in [5.74, 6) is 0.313. The standard InChI is InChI=1S/C22H27ClN2O5/c1-14-12-24(8-5-17(14)26)21(29)13-25-9-7-22(6-4-20(25)28)11-18(27)16-10-15(23)2-3-19(16)30-22/h2-3,10,14,17,26H,4-9,11-13H2,1H3. The van der Waals surface area contributed by atoms with Gasteiger partial charge in [0.2, 0.25) is 11.8 Å². The number of carbonyl (C=O) groups excluding carboxylic acids is 3. The number of ketones is 1. The molecule has 2 amide bonds. The summed E-state index contributed by atoms with van der Waals surface area (Å²) in [6.45, 7) is 3.33. The number of aliphatic hydroxyl groups excluding tert-OH is 1. The van der Waals surface area contributed by atoms with E-state index in [2.05, 4.69) is 0 Å². The number of piperidine rings is 1. The number of likely N-dealkylation sites (tertiary alicyclic amines) is 2. The van der Waals surface area contributed by atoms with Crippen molar-refractivity contribution >= 4 is 29.2 Å². The molecule has 30 heavy (non-hydrogen) atoms. The molecule has 2 saturated heterocycles. The minimum absolute atomic E-state index is 0.0257. The van der Waals surface area contributed by atoms with E-state index in [0.717, 1.165) is 0 Å². The summed E-state index contributed by atoms with van der Waals surface area (Å²) in [7, 11) is 0. The molecule has 7 nitrogen and oxygen atoms in total. The lowest BCUT2D eigenvalue weighted by molar-refractivity contribution is -0.142. The third-order valence-electron chi connectivity index (χ3n) is 6.57. The lowest BCUT2D eigenvalue weighted by atomic mass is 9.84. The molecule has 3 unspecified atom stereocenters. The van der Waals surface area contributed by atoms with E-state index in [1.165, 1.54) is 0 Å². The molecule has 8 heteroatoms. The number of rotatable bonds is 2. The molecular weight excluding hydrogens is 408 g/mol. The van der Waals surface area contributed by atoms with Gasteiger partial charge < -0.3 is 19.6 Å². The number of nitrogens with zero attached hydrogens (tertiary/aromatic N) is 2. The highest BCUT2D eigenvalue weighted by molar-refractivity contribution is 6.31. The van der Waals surface area contributed by atoms with Crippen LogP contribution in [0.25, 0.3) is 0 Å². The molecule has 4 rings (SSSR count).